The van der Waals surface area contributed by atoms with E-state index in [-0.39, 0.29) is 23.5 Å². The topological polar surface area (TPSA) is 80.0 Å². The van der Waals surface area contributed by atoms with Crippen LogP contribution < -0.4 is 4.90 Å². The maximum Gasteiger partial charge on any atom is 0.433 e. The van der Waals surface area contributed by atoms with Crippen LogP contribution in [-0.4, -0.2) is 61.9 Å². The molecule has 0 bridgehead atoms. The molecule has 1 saturated heterocycles. The molecule has 1 aliphatic carbocycles. The van der Waals surface area contributed by atoms with Crippen LogP contribution >= 0.6 is 0 Å². The third-order valence-corrected chi connectivity index (χ3v) is 5.84. The van der Waals surface area contributed by atoms with Crippen LogP contribution in [0.25, 0.3) is 5.69 Å². The molecule has 1 aliphatic heterocycles. The zero-order valence-corrected chi connectivity index (χ0v) is 17.7. The molecule has 0 unspecified atom stereocenters. The van der Waals surface area contributed by atoms with Gasteiger partial charge in [-0.3, -0.25) is 4.79 Å². The first-order valence-corrected chi connectivity index (χ1v) is 10.9. The predicted molar refractivity (Wildman–Crippen MR) is 113 cm³/mol. The number of nitrogens with zero attached hydrogens (tertiary/aromatic N) is 7. The number of carbonyl (C=O) groups is 1. The van der Waals surface area contributed by atoms with E-state index in [1.54, 1.807) is 23.1 Å². The van der Waals surface area contributed by atoms with E-state index >= 15 is 0 Å². The number of alkyl halides is 3. The molecule has 2 aromatic heterocycles. The maximum atomic E-state index is 13.4. The molecule has 172 valence electrons. The van der Waals surface area contributed by atoms with Crippen LogP contribution in [0.1, 0.15) is 47.1 Å². The highest BCUT2D eigenvalue weighted by atomic mass is 19.4. The molecule has 3 aromatic rings. The molecule has 0 atom stereocenters. The molecule has 11 heteroatoms. The highest BCUT2D eigenvalue weighted by molar-refractivity contribution is 5.97. The number of halogens is 3. The lowest BCUT2D eigenvalue weighted by Gasteiger charge is -2.24. The Morgan fingerprint density at radius 2 is 1.73 bits per heavy atom. The fourth-order valence-corrected chi connectivity index (χ4v) is 3.97. The van der Waals surface area contributed by atoms with E-state index in [0.717, 1.165) is 18.9 Å². The van der Waals surface area contributed by atoms with Crippen molar-refractivity contribution in [3.63, 3.8) is 0 Å². The quantitative estimate of drug-likeness (QED) is 0.598. The number of para-hydroxylation sites is 1. The van der Waals surface area contributed by atoms with Gasteiger partial charge in [0.25, 0.3) is 5.91 Å². The summed E-state index contributed by atoms with van der Waals surface area (Å²) in [6.45, 7) is 1.74. The summed E-state index contributed by atoms with van der Waals surface area (Å²) >= 11 is 0. The molecule has 3 heterocycles. The number of anilines is 1. The normalized spacial score (nSPS) is 17.2. The van der Waals surface area contributed by atoms with E-state index in [0.29, 0.717) is 43.9 Å². The van der Waals surface area contributed by atoms with Gasteiger partial charge in [-0.25, -0.2) is 9.97 Å². The van der Waals surface area contributed by atoms with Gasteiger partial charge in [0.1, 0.15) is 17.3 Å². The molecule has 0 spiro atoms. The fraction of sp³-hybridized carbons (Fsp3) is 0.409. The number of rotatable bonds is 4. The van der Waals surface area contributed by atoms with Crippen molar-refractivity contribution in [1.82, 2.24) is 29.9 Å². The van der Waals surface area contributed by atoms with E-state index in [1.807, 2.05) is 11.0 Å². The minimum atomic E-state index is -4.53. The van der Waals surface area contributed by atoms with Gasteiger partial charge in [0.05, 0.1) is 23.6 Å². The molecule has 1 aromatic carbocycles. The van der Waals surface area contributed by atoms with E-state index < -0.39 is 11.9 Å². The Morgan fingerprint density at radius 3 is 2.45 bits per heavy atom. The average molecular weight is 457 g/mol. The summed E-state index contributed by atoms with van der Waals surface area (Å²) in [4.78, 5) is 26.4. The summed E-state index contributed by atoms with van der Waals surface area (Å²) in [6.07, 6.45) is 0.786. The zero-order valence-electron chi connectivity index (χ0n) is 17.7. The van der Waals surface area contributed by atoms with E-state index in [1.165, 1.54) is 17.2 Å². The van der Waals surface area contributed by atoms with Gasteiger partial charge in [-0.05, 0) is 31.4 Å². The second-order valence-electron chi connectivity index (χ2n) is 8.21. The largest absolute Gasteiger partial charge is 0.433 e. The highest BCUT2D eigenvalue weighted by Crippen LogP contribution is 2.40. The molecule has 33 heavy (non-hydrogen) atoms. The Balaban J connectivity index is 1.36. The third-order valence-electron chi connectivity index (χ3n) is 5.84. The lowest BCUT2D eigenvalue weighted by Crippen LogP contribution is -2.36. The summed E-state index contributed by atoms with van der Waals surface area (Å²) < 4.78 is 40.2. The molecule has 0 radical (unpaired) electrons. The maximum absolute atomic E-state index is 13.4. The van der Waals surface area contributed by atoms with Crippen LogP contribution in [0, 0.1) is 0 Å². The second kappa shape index (κ2) is 8.45. The monoisotopic (exact) mass is 457 g/mol. The molecule has 2 aliphatic rings. The summed E-state index contributed by atoms with van der Waals surface area (Å²) in [5.41, 5.74) is 0.139. The fourth-order valence-electron chi connectivity index (χ4n) is 3.97. The van der Waals surface area contributed by atoms with Crippen molar-refractivity contribution in [2.45, 2.75) is 31.4 Å². The Labute approximate surface area is 188 Å². The Bertz CT molecular complexity index is 1150. The predicted octanol–water partition coefficient (Wildman–Crippen LogP) is 3.31. The third kappa shape index (κ3) is 4.53. The lowest BCUT2D eigenvalue weighted by atomic mass is 10.1. The van der Waals surface area contributed by atoms with Gasteiger partial charge < -0.3 is 9.80 Å². The SMILES string of the molecule is O=C(c1ccccc1-n1nccn1)N1CCCN(c2cc(C(F)(F)F)nc(C3CC3)n2)CC1. The molecular weight excluding hydrogens is 435 g/mol. The summed E-state index contributed by atoms with van der Waals surface area (Å²) in [5, 5.41) is 8.24. The van der Waals surface area contributed by atoms with Crippen molar-refractivity contribution in [2.24, 2.45) is 0 Å². The van der Waals surface area contributed by atoms with E-state index in [4.69, 9.17) is 0 Å². The van der Waals surface area contributed by atoms with Crippen LogP contribution in [0.4, 0.5) is 19.0 Å². The van der Waals surface area contributed by atoms with Gasteiger partial charge in [-0.2, -0.15) is 28.2 Å². The molecule has 1 saturated carbocycles. The van der Waals surface area contributed by atoms with Gasteiger partial charge in [0, 0.05) is 38.2 Å². The van der Waals surface area contributed by atoms with E-state index in [2.05, 4.69) is 20.2 Å². The van der Waals surface area contributed by atoms with Crippen molar-refractivity contribution in [3.8, 4) is 5.69 Å². The molecule has 5 rings (SSSR count). The minimum Gasteiger partial charge on any atom is -0.355 e. The smallest absolute Gasteiger partial charge is 0.355 e. The molecule has 8 nitrogen and oxygen atoms in total. The first kappa shape index (κ1) is 21.4. The van der Waals surface area contributed by atoms with Gasteiger partial charge >= 0.3 is 6.18 Å². The number of amides is 1. The van der Waals surface area contributed by atoms with Crippen LogP contribution in [0.5, 0.6) is 0 Å². The first-order chi connectivity index (χ1) is 15.9. The minimum absolute atomic E-state index is 0.00325. The van der Waals surface area contributed by atoms with Crippen LogP contribution in [0.2, 0.25) is 0 Å². The Morgan fingerprint density at radius 1 is 0.970 bits per heavy atom. The van der Waals surface area contributed by atoms with Gasteiger partial charge in [-0.1, -0.05) is 12.1 Å². The highest BCUT2D eigenvalue weighted by Gasteiger charge is 2.37. The van der Waals surface area contributed by atoms with Crippen LogP contribution in [-0.2, 0) is 6.18 Å². The van der Waals surface area contributed by atoms with Gasteiger partial charge in [0.2, 0.25) is 0 Å². The van der Waals surface area contributed by atoms with Crippen molar-refractivity contribution < 1.29 is 18.0 Å². The number of benzene rings is 1. The average Bonchev–Trinajstić information content (AvgIpc) is 3.58. The van der Waals surface area contributed by atoms with Gasteiger partial charge in [0.15, 0.2) is 0 Å². The number of carbonyl (C=O) groups excluding carboxylic acids is 1. The lowest BCUT2D eigenvalue weighted by molar-refractivity contribution is -0.141. The number of hydrogen-bond donors (Lipinski definition) is 0. The summed E-state index contributed by atoms with van der Waals surface area (Å²) in [7, 11) is 0. The first-order valence-electron chi connectivity index (χ1n) is 10.9. The number of aromatic nitrogens is 5. The van der Waals surface area contributed by atoms with Crippen molar-refractivity contribution in [1.29, 1.82) is 0 Å². The standard InChI is InChI=1S/C22H22F3N7O/c23-22(24,25)18-14-19(29-20(28-18)15-6-7-15)30-10-3-11-31(13-12-30)21(33)16-4-1-2-5-17(16)32-26-8-9-27-32/h1-2,4-5,8-9,14-15H,3,6-7,10-13H2. The van der Waals surface area contributed by atoms with Crippen molar-refractivity contribution in [3.05, 3.63) is 59.8 Å². The molecule has 2 fully saturated rings. The molecule has 0 N–H and O–H groups in total. The number of hydrogen-bond acceptors (Lipinski definition) is 6. The van der Waals surface area contributed by atoms with E-state index in [9.17, 15) is 18.0 Å². The zero-order chi connectivity index (χ0) is 23.0. The Kier molecular flexibility index (Phi) is 5.47. The summed E-state index contributed by atoms with van der Waals surface area (Å²) in [5.74, 6) is 0.373. The second-order valence-corrected chi connectivity index (χ2v) is 8.21. The van der Waals surface area contributed by atoms with Gasteiger partial charge in [-0.15, -0.1) is 0 Å². The Hall–Kier alpha value is -3.50. The molecular formula is C22H22F3N7O. The van der Waals surface area contributed by atoms with Crippen molar-refractivity contribution in [2.75, 3.05) is 31.1 Å². The van der Waals surface area contributed by atoms with Crippen LogP contribution in [0.15, 0.2) is 42.7 Å². The van der Waals surface area contributed by atoms with Crippen LogP contribution in [0.3, 0.4) is 0 Å². The summed E-state index contributed by atoms with van der Waals surface area (Å²) in [6, 6.07) is 8.11. The molecule has 1 amide bonds. The van der Waals surface area contributed by atoms with Crippen molar-refractivity contribution >= 4 is 11.7 Å².